The van der Waals surface area contributed by atoms with Crippen molar-refractivity contribution in [2.75, 3.05) is 19.0 Å². The number of rotatable bonds is 5. The van der Waals surface area contributed by atoms with E-state index < -0.39 is 5.97 Å². The minimum absolute atomic E-state index is 0.290. The number of anilines is 2. The SMILES string of the molecule is CCOC(=O)c1ncsc1Nc1ccc(Br)c(OC)c1. The minimum Gasteiger partial charge on any atom is -0.495 e. The Bertz CT molecular complexity index is 615. The van der Waals surface area contributed by atoms with Gasteiger partial charge in [-0.15, -0.1) is 11.3 Å². The van der Waals surface area contributed by atoms with E-state index in [1.54, 1.807) is 19.5 Å². The van der Waals surface area contributed by atoms with Crippen molar-refractivity contribution < 1.29 is 14.3 Å². The lowest BCUT2D eigenvalue weighted by Gasteiger charge is -2.09. The number of nitrogens with zero attached hydrogens (tertiary/aromatic N) is 1. The molecule has 0 aliphatic rings. The molecule has 0 saturated heterocycles. The number of ether oxygens (including phenoxy) is 2. The first-order valence-electron chi connectivity index (χ1n) is 5.87. The maximum absolute atomic E-state index is 11.7. The molecule has 0 fully saturated rings. The molecule has 0 atom stereocenters. The van der Waals surface area contributed by atoms with Crippen molar-refractivity contribution in [1.82, 2.24) is 4.98 Å². The van der Waals surface area contributed by atoms with E-state index >= 15 is 0 Å². The summed E-state index contributed by atoms with van der Waals surface area (Å²) >= 11 is 4.73. The third-order valence-corrected chi connectivity index (χ3v) is 3.84. The molecule has 0 saturated carbocycles. The molecule has 1 aromatic heterocycles. The number of methoxy groups -OCH3 is 1. The van der Waals surface area contributed by atoms with Gasteiger partial charge in [0.25, 0.3) is 0 Å². The summed E-state index contributed by atoms with van der Waals surface area (Å²) in [6.07, 6.45) is 0. The van der Waals surface area contributed by atoms with Gasteiger partial charge in [-0.05, 0) is 35.0 Å². The van der Waals surface area contributed by atoms with Crippen molar-refractivity contribution in [2.24, 2.45) is 0 Å². The van der Waals surface area contributed by atoms with E-state index in [0.717, 1.165) is 10.2 Å². The van der Waals surface area contributed by atoms with Crippen molar-refractivity contribution in [3.8, 4) is 5.75 Å². The maximum atomic E-state index is 11.7. The topological polar surface area (TPSA) is 60.5 Å². The van der Waals surface area contributed by atoms with E-state index in [-0.39, 0.29) is 0 Å². The summed E-state index contributed by atoms with van der Waals surface area (Å²) in [5.74, 6) is 0.275. The number of nitrogens with one attached hydrogen (secondary N) is 1. The lowest BCUT2D eigenvalue weighted by atomic mass is 10.3. The Balaban J connectivity index is 2.22. The number of esters is 1. The first-order chi connectivity index (χ1) is 9.65. The van der Waals surface area contributed by atoms with Crippen LogP contribution in [0.1, 0.15) is 17.4 Å². The molecule has 106 valence electrons. The molecule has 2 rings (SSSR count). The summed E-state index contributed by atoms with van der Waals surface area (Å²) in [5.41, 5.74) is 2.70. The van der Waals surface area contributed by atoms with Crippen LogP contribution < -0.4 is 10.1 Å². The third-order valence-electron chi connectivity index (χ3n) is 2.45. The highest BCUT2D eigenvalue weighted by molar-refractivity contribution is 9.10. The summed E-state index contributed by atoms with van der Waals surface area (Å²) in [6.45, 7) is 2.08. The fourth-order valence-corrected chi connectivity index (χ4v) is 2.64. The van der Waals surface area contributed by atoms with Gasteiger partial charge in [0.1, 0.15) is 10.8 Å². The second-order valence-electron chi connectivity index (χ2n) is 3.72. The molecule has 0 spiro atoms. The van der Waals surface area contributed by atoms with Crippen LogP contribution in [0.4, 0.5) is 10.7 Å². The van der Waals surface area contributed by atoms with E-state index in [1.165, 1.54) is 11.3 Å². The summed E-state index contributed by atoms with van der Waals surface area (Å²) in [5, 5.41) is 3.79. The van der Waals surface area contributed by atoms with Gasteiger partial charge in [0.15, 0.2) is 5.69 Å². The lowest BCUT2D eigenvalue weighted by molar-refractivity contribution is 0.0521. The Morgan fingerprint density at radius 3 is 3.00 bits per heavy atom. The molecule has 0 aliphatic carbocycles. The van der Waals surface area contributed by atoms with Crippen LogP contribution in [0.15, 0.2) is 28.2 Å². The van der Waals surface area contributed by atoms with Crippen molar-refractivity contribution in [3.63, 3.8) is 0 Å². The maximum Gasteiger partial charge on any atom is 0.360 e. The van der Waals surface area contributed by atoms with Crippen LogP contribution >= 0.6 is 27.3 Å². The highest BCUT2D eigenvalue weighted by Crippen LogP contribution is 2.31. The van der Waals surface area contributed by atoms with Crippen molar-refractivity contribution in [2.45, 2.75) is 6.92 Å². The predicted octanol–water partition coefficient (Wildman–Crippen LogP) is 3.83. The van der Waals surface area contributed by atoms with Crippen LogP contribution in [0, 0.1) is 0 Å². The molecule has 5 nitrogen and oxygen atoms in total. The molecule has 0 aliphatic heterocycles. The standard InChI is InChI=1S/C13H13BrN2O3S/c1-3-19-13(17)11-12(20-7-15-11)16-8-4-5-9(14)10(6-8)18-2/h4-7,16H,3H2,1-2H3. The van der Waals surface area contributed by atoms with E-state index in [4.69, 9.17) is 9.47 Å². The predicted molar refractivity (Wildman–Crippen MR) is 82.0 cm³/mol. The number of hydrogen-bond acceptors (Lipinski definition) is 6. The van der Waals surface area contributed by atoms with E-state index in [1.807, 2.05) is 18.2 Å². The van der Waals surface area contributed by atoms with Gasteiger partial charge in [0.2, 0.25) is 0 Å². The lowest BCUT2D eigenvalue weighted by Crippen LogP contribution is -2.07. The zero-order valence-electron chi connectivity index (χ0n) is 11.0. The first kappa shape index (κ1) is 14.8. The fourth-order valence-electron chi connectivity index (χ4n) is 1.55. The van der Waals surface area contributed by atoms with Crippen LogP contribution in [-0.4, -0.2) is 24.7 Å². The van der Waals surface area contributed by atoms with Crippen molar-refractivity contribution in [3.05, 3.63) is 33.9 Å². The number of halogens is 1. The Labute approximate surface area is 129 Å². The van der Waals surface area contributed by atoms with Gasteiger partial charge < -0.3 is 14.8 Å². The molecular formula is C13H13BrN2O3S. The Morgan fingerprint density at radius 1 is 1.50 bits per heavy atom. The van der Waals surface area contributed by atoms with E-state index in [2.05, 4.69) is 26.2 Å². The average Bonchev–Trinajstić information content (AvgIpc) is 2.89. The molecule has 7 heteroatoms. The van der Waals surface area contributed by atoms with Gasteiger partial charge in [-0.3, -0.25) is 0 Å². The van der Waals surface area contributed by atoms with Gasteiger partial charge >= 0.3 is 5.97 Å². The molecule has 0 unspecified atom stereocenters. The molecule has 0 amide bonds. The molecule has 20 heavy (non-hydrogen) atoms. The smallest absolute Gasteiger partial charge is 0.360 e. The number of benzene rings is 1. The number of hydrogen-bond donors (Lipinski definition) is 1. The van der Waals surface area contributed by atoms with Gasteiger partial charge in [-0.25, -0.2) is 9.78 Å². The number of thiazole rings is 1. The molecule has 1 heterocycles. The quantitative estimate of drug-likeness (QED) is 0.824. The summed E-state index contributed by atoms with van der Waals surface area (Å²) in [6, 6.07) is 5.58. The Kier molecular flexibility index (Phi) is 4.97. The summed E-state index contributed by atoms with van der Waals surface area (Å²) in [7, 11) is 1.60. The second kappa shape index (κ2) is 6.71. The molecular weight excluding hydrogens is 344 g/mol. The van der Waals surface area contributed by atoms with Crippen LogP contribution in [0.25, 0.3) is 0 Å². The number of carbonyl (C=O) groups is 1. The van der Waals surface area contributed by atoms with Crippen LogP contribution in [-0.2, 0) is 4.74 Å². The average molecular weight is 357 g/mol. The Hall–Kier alpha value is -1.60. The highest BCUT2D eigenvalue weighted by Gasteiger charge is 2.16. The zero-order chi connectivity index (χ0) is 14.5. The van der Waals surface area contributed by atoms with Gasteiger partial charge in [-0.2, -0.15) is 0 Å². The van der Waals surface area contributed by atoms with E-state index in [9.17, 15) is 4.79 Å². The zero-order valence-corrected chi connectivity index (χ0v) is 13.4. The molecule has 1 aromatic carbocycles. The molecule has 1 N–H and O–H groups in total. The summed E-state index contributed by atoms with van der Waals surface area (Å²) < 4.78 is 11.1. The number of aromatic nitrogens is 1. The van der Waals surface area contributed by atoms with Gasteiger partial charge in [0.05, 0.1) is 23.7 Å². The van der Waals surface area contributed by atoms with Crippen LogP contribution in [0.2, 0.25) is 0 Å². The third kappa shape index (κ3) is 3.29. The normalized spacial score (nSPS) is 10.2. The fraction of sp³-hybridized carbons (Fsp3) is 0.231. The van der Waals surface area contributed by atoms with Gasteiger partial charge in [0, 0.05) is 11.8 Å². The summed E-state index contributed by atoms with van der Waals surface area (Å²) in [4.78, 5) is 15.8. The first-order valence-corrected chi connectivity index (χ1v) is 7.54. The molecule has 0 radical (unpaired) electrons. The van der Waals surface area contributed by atoms with E-state index in [0.29, 0.717) is 23.1 Å². The van der Waals surface area contributed by atoms with Gasteiger partial charge in [-0.1, -0.05) is 0 Å². The minimum atomic E-state index is -0.430. The number of carbonyl (C=O) groups excluding carboxylic acids is 1. The Morgan fingerprint density at radius 2 is 2.30 bits per heavy atom. The van der Waals surface area contributed by atoms with Crippen molar-refractivity contribution in [1.29, 1.82) is 0 Å². The second-order valence-corrected chi connectivity index (χ2v) is 5.43. The largest absolute Gasteiger partial charge is 0.495 e. The molecule has 0 bridgehead atoms. The van der Waals surface area contributed by atoms with Crippen molar-refractivity contribution >= 4 is 43.9 Å². The van der Waals surface area contributed by atoms with Crippen LogP contribution in [0.3, 0.4) is 0 Å². The monoisotopic (exact) mass is 356 g/mol. The molecule has 2 aromatic rings. The highest BCUT2D eigenvalue weighted by atomic mass is 79.9. The van der Waals surface area contributed by atoms with Crippen LogP contribution in [0.5, 0.6) is 5.75 Å².